The number of halogens is 1. The molecule has 1 aromatic carbocycles. The highest BCUT2D eigenvalue weighted by molar-refractivity contribution is 5.82. The van der Waals surface area contributed by atoms with Crippen molar-refractivity contribution in [3.05, 3.63) is 29.2 Å². The maximum absolute atomic E-state index is 13.3. The molecule has 1 heterocycles. The zero-order valence-electron chi connectivity index (χ0n) is 8.98. The summed E-state index contributed by atoms with van der Waals surface area (Å²) in [5.74, 6) is -0.135. The Labute approximate surface area is 83.1 Å². The van der Waals surface area contributed by atoms with Crippen molar-refractivity contribution < 1.29 is 4.39 Å². The Morgan fingerprint density at radius 2 is 1.93 bits per heavy atom. The monoisotopic (exact) mass is 194 g/mol. The number of nitrogens with one attached hydrogen (secondary N) is 1. The molecule has 14 heavy (non-hydrogen) atoms. The Balaban J connectivity index is 0.000000461. The highest BCUT2D eigenvalue weighted by Crippen LogP contribution is 2.21. The molecule has 2 nitrogen and oxygen atoms in total. The lowest BCUT2D eigenvalue weighted by Gasteiger charge is -2.00. The normalized spacial score (nSPS) is 9.79. The van der Waals surface area contributed by atoms with Gasteiger partial charge in [0.25, 0.3) is 0 Å². The first-order chi connectivity index (χ1) is 6.70. The van der Waals surface area contributed by atoms with E-state index < -0.39 is 0 Å². The van der Waals surface area contributed by atoms with E-state index in [2.05, 4.69) is 10.2 Å². The van der Waals surface area contributed by atoms with Crippen molar-refractivity contribution in [1.82, 2.24) is 10.2 Å². The summed E-state index contributed by atoms with van der Waals surface area (Å²) in [6, 6.07) is 1.77. The predicted molar refractivity (Wildman–Crippen MR) is 56.9 cm³/mol. The number of rotatable bonds is 0. The van der Waals surface area contributed by atoms with Crippen LogP contribution in [0, 0.1) is 19.7 Å². The number of fused-ring (bicyclic) bond motifs is 1. The summed E-state index contributed by atoms with van der Waals surface area (Å²) in [5, 5.41) is 7.52. The van der Waals surface area contributed by atoms with Crippen LogP contribution in [0.25, 0.3) is 10.9 Å². The molecule has 0 aliphatic heterocycles. The first-order valence-corrected chi connectivity index (χ1v) is 4.79. The highest BCUT2D eigenvalue weighted by Gasteiger charge is 2.07. The van der Waals surface area contributed by atoms with Gasteiger partial charge >= 0.3 is 0 Å². The minimum Gasteiger partial charge on any atom is -0.278 e. The molecule has 0 amide bonds. The summed E-state index contributed by atoms with van der Waals surface area (Å²) in [6.07, 6.45) is 1.65. The zero-order valence-corrected chi connectivity index (χ0v) is 8.98. The van der Waals surface area contributed by atoms with E-state index in [0.29, 0.717) is 11.1 Å². The third kappa shape index (κ3) is 1.62. The molecule has 1 N–H and O–H groups in total. The number of H-pyrrole nitrogens is 1. The van der Waals surface area contributed by atoms with Crippen LogP contribution >= 0.6 is 0 Å². The van der Waals surface area contributed by atoms with Gasteiger partial charge in [-0.05, 0) is 31.0 Å². The minimum absolute atomic E-state index is 0.135. The second kappa shape index (κ2) is 4.22. The van der Waals surface area contributed by atoms with Crippen LogP contribution < -0.4 is 0 Å². The van der Waals surface area contributed by atoms with Crippen LogP contribution in [0.4, 0.5) is 4.39 Å². The molecule has 0 saturated heterocycles. The second-order valence-electron chi connectivity index (χ2n) is 2.96. The quantitative estimate of drug-likeness (QED) is 0.684. The number of hydrogen-bond acceptors (Lipinski definition) is 1. The number of nitrogens with zero attached hydrogens (tertiary/aromatic N) is 1. The van der Waals surface area contributed by atoms with Gasteiger partial charge in [-0.2, -0.15) is 5.10 Å². The Morgan fingerprint density at radius 1 is 1.29 bits per heavy atom. The molecule has 2 rings (SSSR count). The van der Waals surface area contributed by atoms with Gasteiger partial charge in [0.1, 0.15) is 5.82 Å². The Morgan fingerprint density at radius 3 is 2.57 bits per heavy atom. The number of hydrogen-bond donors (Lipinski definition) is 1. The van der Waals surface area contributed by atoms with Gasteiger partial charge in [-0.25, -0.2) is 4.39 Å². The van der Waals surface area contributed by atoms with Crippen LogP contribution in [-0.2, 0) is 0 Å². The van der Waals surface area contributed by atoms with Crippen LogP contribution in [-0.4, -0.2) is 10.2 Å². The van der Waals surface area contributed by atoms with E-state index in [-0.39, 0.29) is 5.82 Å². The largest absolute Gasteiger partial charge is 0.278 e. The number of aromatic amines is 1. The average molecular weight is 194 g/mol. The third-order valence-electron chi connectivity index (χ3n) is 2.11. The third-order valence-corrected chi connectivity index (χ3v) is 2.11. The molecule has 0 spiro atoms. The molecular formula is C11H15FN2. The number of aryl methyl sites for hydroxylation is 2. The smallest absolute Gasteiger partial charge is 0.129 e. The Kier molecular flexibility index (Phi) is 3.23. The molecule has 3 heteroatoms. The van der Waals surface area contributed by atoms with Crippen molar-refractivity contribution in [1.29, 1.82) is 0 Å². The van der Waals surface area contributed by atoms with Gasteiger partial charge in [-0.15, -0.1) is 0 Å². The first kappa shape index (κ1) is 10.7. The topological polar surface area (TPSA) is 28.7 Å². The fourth-order valence-electron chi connectivity index (χ4n) is 1.40. The first-order valence-electron chi connectivity index (χ1n) is 4.79. The molecule has 0 bridgehead atoms. The summed E-state index contributed by atoms with van der Waals surface area (Å²) in [5.41, 5.74) is 2.22. The molecule has 0 fully saturated rings. The maximum atomic E-state index is 13.3. The van der Waals surface area contributed by atoms with Crippen molar-refractivity contribution in [2.45, 2.75) is 27.7 Å². The van der Waals surface area contributed by atoms with Crippen molar-refractivity contribution in [2.24, 2.45) is 0 Å². The number of benzene rings is 1. The zero-order chi connectivity index (χ0) is 10.7. The van der Waals surface area contributed by atoms with E-state index in [9.17, 15) is 4.39 Å². The maximum Gasteiger partial charge on any atom is 0.129 e. The van der Waals surface area contributed by atoms with Gasteiger partial charge in [0.05, 0.1) is 11.7 Å². The van der Waals surface area contributed by atoms with Crippen molar-refractivity contribution in [3.8, 4) is 0 Å². The SMILES string of the molecule is CC.Cc1cc2[nH]ncc2c(C)c1F. The summed E-state index contributed by atoms with van der Waals surface area (Å²) in [4.78, 5) is 0. The van der Waals surface area contributed by atoms with Crippen LogP contribution in [0.5, 0.6) is 0 Å². The summed E-state index contributed by atoms with van der Waals surface area (Å²) >= 11 is 0. The van der Waals surface area contributed by atoms with Gasteiger partial charge in [-0.3, -0.25) is 5.10 Å². The Bertz CT molecular complexity index is 432. The predicted octanol–water partition coefficient (Wildman–Crippen LogP) is 3.35. The van der Waals surface area contributed by atoms with E-state index in [0.717, 1.165) is 10.9 Å². The second-order valence-corrected chi connectivity index (χ2v) is 2.96. The molecule has 0 saturated carbocycles. The molecular weight excluding hydrogens is 179 g/mol. The fraction of sp³-hybridized carbons (Fsp3) is 0.364. The molecule has 0 atom stereocenters. The lowest BCUT2D eigenvalue weighted by molar-refractivity contribution is 0.612. The molecule has 76 valence electrons. The van der Waals surface area contributed by atoms with E-state index in [1.54, 1.807) is 26.1 Å². The molecule has 0 unspecified atom stereocenters. The standard InChI is InChI=1S/C9H9FN2.C2H6/c1-5-3-8-7(4-11-12-8)6(2)9(5)10;1-2/h3-4H,1-2H3,(H,11,12);1-2H3. The summed E-state index contributed by atoms with van der Waals surface area (Å²) < 4.78 is 13.3. The van der Waals surface area contributed by atoms with E-state index >= 15 is 0 Å². The highest BCUT2D eigenvalue weighted by atomic mass is 19.1. The Hall–Kier alpha value is -1.38. The molecule has 0 radical (unpaired) electrons. The van der Waals surface area contributed by atoms with Crippen LogP contribution in [0.15, 0.2) is 12.3 Å². The molecule has 1 aromatic heterocycles. The van der Waals surface area contributed by atoms with Gasteiger partial charge < -0.3 is 0 Å². The van der Waals surface area contributed by atoms with E-state index in [4.69, 9.17) is 0 Å². The van der Waals surface area contributed by atoms with E-state index in [1.807, 2.05) is 13.8 Å². The molecule has 0 aliphatic rings. The molecule has 0 aliphatic carbocycles. The van der Waals surface area contributed by atoms with Crippen LogP contribution in [0.1, 0.15) is 25.0 Å². The summed E-state index contributed by atoms with van der Waals surface area (Å²) in [6.45, 7) is 7.52. The van der Waals surface area contributed by atoms with Crippen LogP contribution in [0.3, 0.4) is 0 Å². The fourth-order valence-corrected chi connectivity index (χ4v) is 1.40. The average Bonchev–Trinajstić information content (AvgIpc) is 2.65. The lowest BCUT2D eigenvalue weighted by atomic mass is 10.1. The van der Waals surface area contributed by atoms with Crippen molar-refractivity contribution >= 4 is 10.9 Å². The lowest BCUT2D eigenvalue weighted by Crippen LogP contribution is -1.87. The van der Waals surface area contributed by atoms with Gasteiger partial charge in [0.2, 0.25) is 0 Å². The van der Waals surface area contributed by atoms with Gasteiger partial charge in [0, 0.05) is 5.39 Å². The van der Waals surface area contributed by atoms with Crippen molar-refractivity contribution in [3.63, 3.8) is 0 Å². The molecule has 2 aromatic rings. The number of aromatic nitrogens is 2. The van der Waals surface area contributed by atoms with Crippen molar-refractivity contribution in [2.75, 3.05) is 0 Å². The van der Waals surface area contributed by atoms with Gasteiger partial charge in [-0.1, -0.05) is 13.8 Å². The van der Waals surface area contributed by atoms with Crippen LogP contribution in [0.2, 0.25) is 0 Å². The van der Waals surface area contributed by atoms with E-state index in [1.165, 1.54) is 0 Å². The minimum atomic E-state index is -0.135. The van der Waals surface area contributed by atoms with Gasteiger partial charge in [0.15, 0.2) is 0 Å². The summed E-state index contributed by atoms with van der Waals surface area (Å²) in [7, 11) is 0.